The van der Waals surface area contributed by atoms with E-state index in [4.69, 9.17) is 11.1 Å². The second kappa shape index (κ2) is 4.85. The van der Waals surface area contributed by atoms with E-state index in [0.717, 1.165) is 0 Å². The fraction of sp³-hybridized carbons (Fsp3) is 0.143. The molecule has 2 aromatic carbocycles. The van der Waals surface area contributed by atoms with E-state index >= 15 is 0 Å². The fourth-order valence-corrected chi connectivity index (χ4v) is 4.55. The van der Waals surface area contributed by atoms with Crippen molar-refractivity contribution in [2.75, 3.05) is 0 Å². The van der Waals surface area contributed by atoms with E-state index in [9.17, 15) is 0 Å². The van der Waals surface area contributed by atoms with Crippen LogP contribution in [0.2, 0.25) is 0 Å². The Labute approximate surface area is 103 Å². The van der Waals surface area contributed by atoms with Gasteiger partial charge in [0.05, 0.1) is 0 Å². The first kappa shape index (κ1) is 11.4. The highest BCUT2D eigenvalue weighted by atomic mass is 35.6. The topological polar surface area (TPSA) is 0 Å². The Balaban J connectivity index is 2.37. The van der Waals surface area contributed by atoms with Crippen LogP contribution in [0.3, 0.4) is 0 Å². The van der Waals surface area contributed by atoms with E-state index in [1.54, 1.807) is 0 Å². The van der Waals surface area contributed by atoms with Gasteiger partial charge in [-0.2, -0.15) is 11.1 Å². The molecule has 0 amide bonds. The monoisotopic (exact) mass is 246 g/mol. The summed E-state index contributed by atoms with van der Waals surface area (Å²) in [4.78, 5) is 0. The van der Waals surface area contributed by atoms with Gasteiger partial charge in [0, 0.05) is 0 Å². The molecule has 0 aliphatic rings. The lowest BCUT2D eigenvalue weighted by molar-refractivity contribution is 1.40. The fourth-order valence-electron chi connectivity index (χ4n) is 1.97. The summed E-state index contributed by atoms with van der Waals surface area (Å²) in [6, 6.07) is 17.0. The molecule has 0 aromatic heterocycles. The largest absolute Gasteiger partial charge is 0.201 e. The van der Waals surface area contributed by atoms with Crippen LogP contribution in [0.5, 0.6) is 0 Å². The molecule has 0 bridgehead atoms. The van der Waals surface area contributed by atoms with Gasteiger partial charge < -0.3 is 0 Å². The molecule has 0 aliphatic carbocycles. The highest BCUT2D eigenvalue weighted by Crippen LogP contribution is 2.03. The van der Waals surface area contributed by atoms with Crippen molar-refractivity contribution in [2.24, 2.45) is 0 Å². The van der Waals surface area contributed by atoms with Gasteiger partial charge in [-0.1, -0.05) is 59.7 Å². The van der Waals surface area contributed by atoms with E-state index in [1.807, 2.05) is 6.07 Å². The number of halogens is 1. The summed E-state index contributed by atoms with van der Waals surface area (Å²) < 4.78 is 0. The predicted molar refractivity (Wildman–Crippen MR) is 74.6 cm³/mol. The molecule has 0 aliphatic heterocycles. The van der Waals surface area contributed by atoms with Crippen molar-refractivity contribution >= 4 is 29.6 Å². The highest BCUT2D eigenvalue weighted by molar-refractivity contribution is 7.21. The maximum Gasteiger partial charge on any atom is 0.201 e. The van der Waals surface area contributed by atoms with Crippen LogP contribution in [0, 0.1) is 13.8 Å². The molecule has 0 spiro atoms. The van der Waals surface area contributed by atoms with Gasteiger partial charge in [-0.15, -0.1) is 0 Å². The average Bonchev–Trinajstić information content (AvgIpc) is 2.28. The molecule has 0 radical (unpaired) electrons. The van der Waals surface area contributed by atoms with E-state index in [2.05, 4.69) is 56.3 Å². The minimum Gasteiger partial charge on any atom is -0.159 e. The molecule has 1 atom stereocenters. The molecule has 2 aromatic rings. The molecule has 0 saturated carbocycles. The highest BCUT2D eigenvalue weighted by Gasteiger charge is 2.13. The normalized spacial score (nSPS) is 12.4. The summed E-state index contributed by atoms with van der Waals surface area (Å²) in [7, 11) is -1.50. The molecule has 2 rings (SSSR count). The van der Waals surface area contributed by atoms with Gasteiger partial charge in [-0.3, -0.25) is 0 Å². The smallest absolute Gasteiger partial charge is 0.159 e. The lowest BCUT2D eigenvalue weighted by Crippen LogP contribution is -2.37. The first-order valence-corrected chi connectivity index (χ1v) is 8.34. The van der Waals surface area contributed by atoms with Gasteiger partial charge >= 0.3 is 0 Å². The lowest BCUT2D eigenvalue weighted by Gasteiger charge is -2.10. The van der Waals surface area contributed by atoms with Gasteiger partial charge in [0.15, 0.2) is 0 Å². The Morgan fingerprint density at radius 1 is 0.812 bits per heavy atom. The molecule has 2 heteroatoms. The second-order valence-corrected chi connectivity index (χ2v) is 7.56. The summed E-state index contributed by atoms with van der Waals surface area (Å²) in [5, 5.41) is 2.60. The zero-order valence-corrected chi connectivity index (χ0v) is 11.5. The van der Waals surface area contributed by atoms with Crippen molar-refractivity contribution < 1.29 is 0 Å². The van der Waals surface area contributed by atoms with Crippen LogP contribution < -0.4 is 10.4 Å². The molecule has 1 unspecified atom stereocenters. The Morgan fingerprint density at radius 3 is 1.94 bits per heavy atom. The summed E-state index contributed by atoms with van der Waals surface area (Å²) in [6.45, 7) is 4.25. The number of hydrogen-bond acceptors (Lipinski definition) is 0. The third kappa shape index (κ3) is 2.54. The number of aryl methyl sites for hydroxylation is 2. The molecule has 0 fully saturated rings. The molecule has 0 N–H and O–H groups in total. The van der Waals surface area contributed by atoms with Crippen molar-refractivity contribution in [2.45, 2.75) is 13.8 Å². The average molecular weight is 247 g/mol. The van der Waals surface area contributed by atoms with Crippen molar-refractivity contribution in [1.82, 2.24) is 0 Å². The number of benzene rings is 2. The van der Waals surface area contributed by atoms with Crippen LogP contribution in [0.4, 0.5) is 0 Å². The molecular weight excluding hydrogens is 232 g/mol. The third-order valence-corrected chi connectivity index (χ3v) is 6.03. The molecule has 16 heavy (non-hydrogen) atoms. The van der Waals surface area contributed by atoms with Crippen molar-refractivity contribution in [3.05, 3.63) is 59.7 Å². The van der Waals surface area contributed by atoms with Crippen molar-refractivity contribution in [3.63, 3.8) is 0 Å². The quantitative estimate of drug-likeness (QED) is 0.564. The first-order chi connectivity index (χ1) is 7.66. The number of rotatable bonds is 2. The summed E-state index contributed by atoms with van der Waals surface area (Å²) in [5.74, 6) is 0. The zero-order chi connectivity index (χ0) is 11.5. The van der Waals surface area contributed by atoms with E-state index < -0.39 is 8.11 Å². The molecule has 0 saturated heterocycles. The maximum atomic E-state index is 6.61. The van der Waals surface area contributed by atoms with Gasteiger partial charge in [0.1, 0.15) is 0 Å². The van der Waals surface area contributed by atoms with Crippen LogP contribution in [0.1, 0.15) is 11.1 Å². The summed E-state index contributed by atoms with van der Waals surface area (Å²) in [5.41, 5.74) is 2.59. The predicted octanol–water partition coefficient (Wildman–Crippen LogP) is 2.38. The summed E-state index contributed by atoms with van der Waals surface area (Å²) >= 11 is 6.61. The Morgan fingerprint density at radius 2 is 1.38 bits per heavy atom. The third-order valence-electron chi connectivity index (χ3n) is 2.63. The van der Waals surface area contributed by atoms with E-state index in [0.29, 0.717) is 0 Å². The Hall–Kier alpha value is -1.05. The van der Waals surface area contributed by atoms with Crippen LogP contribution in [0.25, 0.3) is 0 Å². The van der Waals surface area contributed by atoms with Gasteiger partial charge in [0.25, 0.3) is 0 Å². The van der Waals surface area contributed by atoms with Crippen molar-refractivity contribution in [3.8, 4) is 0 Å². The lowest BCUT2D eigenvalue weighted by atomic mass is 10.2. The Kier molecular flexibility index (Phi) is 3.47. The van der Waals surface area contributed by atoms with Gasteiger partial charge in [-0.25, -0.2) is 0 Å². The van der Waals surface area contributed by atoms with Crippen LogP contribution in [0.15, 0.2) is 48.5 Å². The van der Waals surface area contributed by atoms with Crippen molar-refractivity contribution in [1.29, 1.82) is 0 Å². The minimum atomic E-state index is -1.50. The zero-order valence-electron chi connectivity index (χ0n) is 9.57. The van der Waals surface area contributed by atoms with Gasteiger partial charge in [-0.05, 0) is 24.2 Å². The SMILES string of the molecule is Cc1cc(C)cc([SiH](Cl)c2ccccc2)c1. The van der Waals surface area contributed by atoms with Crippen LogP contribution >= 0.6 is 11.1 Å². The van der Waals surface area contributed by atoms with E-state index in [-0.39, 0.29) is 0 Å². The van der Waals surface area contributed by atoms with Crippen LogP contribution in [-0.4, -0.2) is 8.11 Å². The molecule has 82 valence electrons. The minimum absolute atomic E-state index is 1.29. The second-order valence-electron chi connectivity index (χ2n) is 4.19. The van der Waals surface area contributed by atoms with Crippen LogP contribution in [-0.2, 0) is 0 Å². The maximum absolute atomic E-state index is 6.61. The molecule has 0 nitrogen and oxygen atoms in total. The molecule has 0 heterocycles. The summed E-state index contributed by atoms with van der Waals surface area (Å²) in [6.07, 6.45) is 0. The van der Waals surface area contributed by atoms with E-state index in [1.165, 1.54) is 21.5 Å². The number of hydrogen-bond donors (Lipinski definition) is 0. The Bertz CT molecular complexity index is 459. The molecular formula is C14H15ClSi. The first-order valence-electron chi connectivity index (χ1n) is 5.44. The standard InChI is InChI=1S/C14H15ClSi/c1-11-8-12(2)10-14(9-11)16(15)13-6-4-3-5-7-13/h3-10,16H,1-2H3. The van der Waals surface area contributed by atoms with Gasteiger partial charge in [0.2, 0.25) is 8.11 Å².